The van der Waals surface area contributed by atoms with Crippen LogP contribution in [0.15, 0.2) is 12.2 Å². The average Bonchev–Trinajstić information content (AvgIpc) is 1.06. The van der Waals surface area contributed by atoms with E-state index < -0.39 is 199 Å². The van der Waals surface area contributed by atoms with Gasteiger partial charge in [-0.15, -0.1) is 0 Å². The molecule has 2 unspecified atom stereocenters. The smallest absolute Gasteiger partial charge is 0.347 e. The van der Waals surface area contributed by atoms with Crippen LogP contribution >= 0.6 is 0 Å². The fourth-order valence-electron chi connectivity index (χ4n) is 17.1. The van der Waals surface area contributed by atoms with Crippen molar-refractivity contribution in [2.24, 2.45) is 41.4 Å². The molecule has 7 fully saturated rings. The van der Waals surface area contributed by atoms with Crippen molar-refractivity contribution in [1.29, 1.82) is 0 Å². The lowest BCUT2D eigenvalue weighted by Gasteiger charge is -2.51. The van der Waals surface area contributed by atoms with E-state index in [2.05, 4.69) is 17.6 Å². The highest BCUT2D eigenvalue weighted by atomic mass is 19.4. The molecule has 11 atom stereocenters. The van der Waals surface area contributed by atoms with Crippen LogP contribution in [0.3, 0.4) is 0 Å². The predicted molar refractivity (Wildman–Crippen MR) is 372 cm³/mol. The van der Waals surface area contributed by atoms with Gasteiger partial charge in [0, 0.05) is 76.5 Å². The molecule has 2 N–H and O–H groups in total. The summed E-state index contributed by atoms with van der Waals surface area (Å²) in [5.74, 6) is -12.3. The molecule has 3 heterocycles. The van der Waals surface area contributed by atoms with Gasteiger partial charge >= 0.3 is 6.18 Å². The molecule has 5 saturated carbocycles. The van der Waals surface area contributed by atoms with Gasteiger partial charge < -0.3 is 59.6 Å². The van der Waals surface area contributed by atoms with Crippen LogP contribution in [0.1, 0.15) is 181 Å². The third-order valence-corrected chi connectivity index (χ3v) is 24.4. The SMILES string of the molecule is CC[C@H](C)[C@@H]1NC(=O)[C@H](CC2CC2)N(C)C(=O)C[C@@H](C(=O)N(C)C)N(C)C(=O)[C@H](C2CCCC2)N(C)C(=O)C2(CCC2)N(C)C(=O)[C@@H]2CCCN2C(=O)[C@H](CCC2CC(F)C(C(F)(F)F)C(F)C2)NC(=O)CN(C)C(=O)[C@H](CC2CCC(C)CC2)N2CC/C=C\C[C@@H](C2=O)N(C)C(=O)CN(C)C1=O. The lowest BCUT2D eigenvalue weighted by atomic mass is 9.73. The Bertz CT molecular complexity index is 3110. The first kappa shape index (κ1) is 81.7. The van der Waals surface area contributed by atoms with Gasteiger partial charge in [0.15, 0.2) is 0 Å². The second-order valence-corrected chi connectivity index (χ2v) is 31.8. The number of hydrogen-bond acceptors (Lipinski definition) is 12. The number of carbonyl (C=O) groups excluding carboxylic acids is 12. The monoisotopic (exact) mass is 1460 g/mol. The Balaban J connectivity index is 1.18. The van der Waals surface area contributed by atoms with E-state index in [0.717, 1.165) is 56.3 Å². The van der Waals surface area contributed by atoms with Gasteiger partial charge in [-0.3, -0.25) is 57.5 Å². The summed E-state index contributed by atoms with van der Waals surface area (Å²) in [4.78, 5) is 194. The van der Waals surface area contributed by atoms with E-state index in [1.165, 1.54) is 108 Å². The zero-order chi connectivity index (χ0) is 75.9. The molecule has 103 heavy (non-hydrogen) atoms. The molecule has 578 valence electrons. The van der Waals surface area contributed by atoms with Gasteiger partial charge in [0.05, 0.1) is 19.5 Å². The van der Waals surface area contributed by atoms with Gasteiger partial charge in [-0.2, -0.15) is 13.2 Å². The van der Waals surface area contributed by atoms with Crippen LogP contribution in [0, 0.1) is 41.4 Å². The van der Waals surface area contributed by atoms with E-state index >= 15 is 37.5 Å². The van der Waals surface area contributed by atoms with E-state index in [4.69, 9.17) is 0 Å². The molecule has 5 aliphatic carbocycles. The molecule has 0 radical (unpaired) electrons. The van der Waals surface area contributed by atoms with Crippen LogP contribution in [0.4, 0.5) is 22.0 Å². The predicted octanol–water partition coefficient (Wildman–Crippen LogP) is 5.89. The average molecular weight is 1460 g/mol. The molecule has 2 bridgehead atoms. The number of fused-ring (bicyclic) bond motifs is 3. The number of amides is 12. The number of nitrogens with zero attached hydrogens (tertiary/aromatic N) is 10. The molecule has 24 nitrogen and oxygen atoms in total. The van der Waals surface area contributed by atoms with Gasteiger partial charge in [0.1, 0.15) is 72.1 Å². The zero-order valence-corrected chi connectivity index (χ0v) is 62.7. The summed E-state index contributed by atoms with van der Waals surface area (Å²) in [6.45, 7) is 4.52. The molecule has 29 heteroatoms. The number of carbonyl (C=O) groups is 12. The van der Waals surface area contributed by atoms with Gasteiger partial charge in [0.2, 0.25) is 70.9 Å². The first-order chi connectivity index (χ1) is 48.5. The summed E-state index contributed by atoms with van der Waals surface area (Å²) in [5, 5.41) is 5.67. The number of halogens is 5. The van der Waals surface area contributed by atoms with Crippen molar-refractivity contribution >= 4 is 70.9 Å². The Morgan fingerprint density at radius 1 is 0.612 bits per heavy atom. The normalized spacial score (nSPS) is 32.8. The first-order valence-corrected chi connectivity index (χ1v) is 37.8. The Labute approximate surface area is 604 Å². The minimum absolute atomic E-state index is 0.0233. The largest absolute Gasteiger partial charge is 0.397 e. The van der Waals surface area contributed by atoms with Crippen molar-refractivity contribution in [3.05, 3.63) is 12.2 Å². The Morgan fingerprint density at radius 3 is 1.79 bits per heavy atom. The molecule has 3 aliphatic heterocycles. The maximum absolute atomic E-state index is 15.6. The third kappa shape index (κ3) is 19.0. The Kier molecular flexibility index (Phi) is 27.7. The fourth-order valence-corrected chi connectivity index (χ4v) is 17.1. The summed E-state index contributed by atoms with van der Waals surface area (Å²) in [6.07, 6.45) is 0.370. The van der Waals surface area contributed by atoms with Crippen LogP contribution in [0.5, 0.6) is 0 Å². The van der Waals surface area contributed by atoms with E-state index in [1.807, 2.05) is 13.0 Å². The summed E-state index contributed by atoms with van der Waals surface area (Å²) in [5.41, 5.74) is -1.54. The third-order valence-electron chi connectivity index (χ3n) is 24.4. The van der Waals surface area contributed by atoms with Gasteiger partial charge in [-0.25, -0.2) is 8.78 Å². The maximum atomic E-state index is 15.6. The molecule has 1 spiro atoms. The number of nitrogens with one attached hydrogen (secondary N) is 2. The van der Waals surface area contributed by atoms with Crippen LogP contribution in [0.25, 0.3) is 0 Å². The summed E-state index contributed by atoms with van der Waals surface area (Å²) < 4.78 is 72.6. The van der Waals surface area contributed by atoms with Crippen LogP contribution in [-0.2, 0) is 57.5 Å². The second kappa shape index (κ2) is 35.0. The lowest BCUT2D eigenvalue weighted by Crippen LogP contribution is -2.68. The van der Waals surface area contributed by atoms with Crippen molar-refractivity contribution < 1.29 is 79.5 Å². The van der Waals surface area contributed by atoms with E-state index in [-0.39, 0.29) is 82.7 Å². The minimum Gasteiger partial charge on any atom is -0.347 e. The quantitative estimate of drug-likeness (QED) is 0.181. The minimum atomic E-state index is -5.16. The topological polar surface area (TPSA) is 261 Å². The van der Waals surface area contributed by atoms with Gasteiger partial charge in [0.25, 0.3) is 0 Å². The number of alkyl halides is 5. The molecule has 0 aromatic rings. The Hall–Kier alpha value is -6.97. The lowest BCUT2D eigenvalue weighted by molar-refractivity contribution is -0.219. The highest BCUT2D eigenvalue weighted by Crippen LogP contribution is 2.46. The molecule has 12 amide bonds. The molecule has 8 rings (SSSR count). The van der Waals surface area contributed by atoms with Gasteiger partial charge in [-0.1, -0.05) is 90.7 Å². The first-order valence-electron chi connectivity index (χ1n) is 37.8. The van der Waals surface area contributed by atoms with Crippen molar-refractivity contribution in [1.82, 2.24) is 59.6 Å². The highest BCUT2D eigenvalue weighted by Gasteiger charge is 2.57. The molecule has 8 aliphatic rings. The molecular formula is C74H115F5N12O12. The standard InChI is InChI=1S/C74H115F5N12O12/c1-13-45(3)62-70(101)84(7)43-60(94)85(8)53-23-15-14-18-35-91(69(53)100)57(40-46-27-25-44(2)26-28-46)67(98)83(6)42-58(92)80-52(32-31-48-37-50(75)61(51(76)38-48)74(77,78)79)65(96)90-36-19-24-54(90)68(99)89(12)73(33-20-34-73)72(103)88(11)63(49-21-16-17-22-49)71(102)87(10)56(66(97)82(4)5)41-59(93)86(9)55(64(95)81-62)39-47-29-30-47/h14-15,44-57,61-63H,13,16-43H2,1-12H3,(H,80,92)(H,81,95)/b15-14-/t44?,45-,46?,48?,50?,51?,52-,53-,54-,55-,56-,57-,61?,62-,63-/m0/s1. The number of rotatable bonds is 11. The van der Waals surface area contributed by atoms with E-state index in [1.54, 1.807) is 13.0 Å². The summed E-state index contributed by atoms with van der Waals surface area (Å²) in [7, 11) is 12.9. The number of hydrogen-bond donors (Lipinski definition) is 2. The second-order valence-electron chi connectivity index (χ2n) is 31.8. The fraction of sp³-hybridized carbons (Fsp3) is 0.811. The maximum Gasteiger partial charge on any atom is 0.397 e. The zero-order valence-electron chi connectivity index (χ0n) is 62.7. The van der Waals surface area contributed by atoms with Crippen molar-refractivity contribution in [2.75, 3.05) is 89.6 Å². The van der Waals surface area contributed by atoms with Crippen LogP contribution in [0.2, 0.25) is 0 Å². The summed E-state index contributed by atoms with van der Waals surface area (Å²) >= 11 is 0. The van der Waals surface area contributed by atoms with E-state index in [0.29, 0.717) is 38.0 Å². The number of likely N-dealkylation sites (N-methyl/N-ethyl adjacent to an activating group) is 8. The highest BCUT2D eigenvalue weighted by molar-refractivity contribution is 6.01. The van der Waals surface area contributed by atoms with E-state index in [9.17, 15) is 41.9 Å². The molecule has 2 saturated heterocycles. The Morgan fingerprint density at radius 2 is 1.21 bits per heavy atom. The van der Waals surface area contributed by atoms with Crippen molar-refractivity contribution in [3.63, 3.8) is 0 Å². The molecule has 0 aromatic carbocycles. The van der Waals surface area contributed by atoms with Crippen molar-refractivity contribution in [3.8, 4) is 0 Å². The van der Waals surface area contributed by atoms with Crippen LogP contribution in [-0.4, -0.2) is 282 Å². The van der Waals surface area contributed by atoms with Crippen LogP contribution < -0.4 is 10.6 Å². The summed E-state index contributed by atoms with van der Waals surface area (Å²) in [6, 6.07) is -10.2. The van der Waals surface area contributed by atoms with Gasteiger partial charge in [-0.05, 0) is 132 Å². The molecular weight excluding hydrogens is 1340 g/mol. The molecule has 0 aromatic heterocycles. The van der Waals surface area contributed by atoms with Crippen molar-refractivity contribution in [2.45, 2.75) is 254 Å².